The Morgan fingerprint density at radius 1 is 1.03 bits per heavy atom. The lowest BCUT2D eigenvalue weighted by Crippen LogP contribution is -2.62. The molecule has 2 fully saturated rings. The van der Waals surface area contributed by atoms with Crippen molar-refractivity contribution in [2.75, 3.05) is 4.90 Å². The number of para-hydroxylation sites is 1. The summed E-state index contributed by atoms with van der Waals surface area (Å²) >= 11 is 0. The molecule has 2 aliphatic carbocycles. The Morgan fingerprint density at radius 2 is 1.75 bits per heavy atom. The summed E-state index contributed by atoms with van der Waals surface area (Å²) in [5, 5.41) is 13.9. The van der Waals surface area contributed by atoms with Crippen LogP contribution in [0.15, 0.2) is 54.6 Å². The van der Waals surface area contributed by atoms with E-state index in [4.69, 9.17) is 0 Å². The summed E-state index contributed by atoms with van der Waals surface area (Å²) in [5.41, 5.74) is 0.870. The summed E-state index contributed by atoms with van der Waals surface area (Å²) < 4.78 is 0. The molecule has 5 rings (SSSR count). The first-order valence-electron chi connectivity index (χ1n) is 11.5. The van der Waals surface area contributed by atoms with Gasteiger partial charge in [-0.3, -0.25) is 14.9 Å². The van der Waals surface area contributed by atoms with Crippen molar-refractivity contribution >= 4 is 23.9 Å². The van der Waals surface area contributed by atoms with Crippen LogP contribution >= 0.6 is 0 Å². The van der Waals surface area contributed by atoms with Gasteiger partial charge in [-0.1, -0.05) is 42.8 Å². The number of hydrogen-bond acceptors (Lipinski definition) is 4. The Labute approximate surface area is 187 Å². The molecule has 2 N–H and O–H groups in total. The topological polar surface area (TPSA) is 86.7 Å². The van der Waals surface area contributed by atoms with Gasteiger partial charge in [0, 0.05) is 35.7 Å². The summed E-state index contributed by atoms with van der Waals surface area (Å²) in [6.45, 7) is 0. The third-order valence-corrected chi connectivity index (χ3v) is 7.42. The van der Waals surface area contributed by atoms with Crippen molar-refractivity contribution in [2.45, 2.75) is 62.1 Å². The van der Waals surface area contributed by atoms with Gasteiger partial charge in [0.15, 0.2) is 0 Å². The molecule has 166 valence electrons. The first-order valence-corrected chi connectivity index (χ1v) is 11.5. The number of carboxylic acids is 1. The Hall–Kier alpha value is -2.99. The van der Waals surface area contributed by atoms with Crippen molar-refractivity contribution in [3.05, 3.63) is 65.7 Å². The Bertz CT molecular complexity index is 1040. The van der Waals surface area contributed by atoms with Crippen LogP contribution in [0.2, 0.25) is 0 Å². The first kappa shape index (κ1) is 20.9. The molecule has 32 heavy (non-hydrogen) atoms. The number of nitrogens with zero attached hydrogens (tertiary/aromatic N) is 1. The highest BCUT2D eigenvalue weighted by Gasteiger charge is 2.58. The molecule has 6 nitrogen and oxygen atoms in total. The van der Waals surface area contributed by atoms with Crippen LogP contribution in [0.3, 0.4) is 0 Å². The molecule has 3 aliphatic rings. The smallest absolute Gasteiger partial charge is 0.325 e. The van der Waals surface area contributed by atoms with E-state index < -0.39 is 11.5 Å². The average molecular weight is 433 g/mol. The maximum atomic E-state index is 13.6. The fourth-order valence-corrected chi connectivity index (χ4v) is 5.95. The SMILES string of the molecule is O=CCC(NC1CC1)(C(=O)O)C1c2ccccc2N(C(=O)c2ccccc2)C2CCCC21. The molecule has 0 bridgehead atoms. The molecule has 2 aromatic rings. The number of fused-ring (bicyclic) bond motifs is 2. The summed E-state index contributed by atoms with van der Waals surface area (Å²) in [6, 6.07) is 16.9. The number of hydrogen-bond donors (Lipinski definition) is 2. The molecule has 4 unspecified atom stereocenters. The highest BCUT2D eigenvalue weighted by Crippen LogP contribution is 2.54. The Morgan fingerprint density at radius 3 is 2.44 bits per heavy atom. The van der Waals surface area contributed by atoms with Gasteiger partial charge in [0.1, 0.15) is 11.8 Å². The van der Waals surface area contributed by atoms with E-state index in [-0.39, 0.29) is 36.2 Å². The second-order valence-corrected chi connectivity index (χ2v) is 9.31. The van der Waals surface area contributed by atoms with E-state index in [1.807, 2.05) is 59.5 Å². The van der Waals surface area contributed by atoms with Crippen LogP contribution in [-0.4, -0.2) is 40.9 Å². The van der Waals surface area contributed by atoms with Crippen molar-refractivity contribution in [2.24, 2.45) is 5.92 Å². The fraction of sp³-hybridized carbons (Fsp3) is 0.423. The lowest BCUT2D eigenvalue weighted by atomic mass is 9.65. The van der Waals surface area contributed by atoms with Crippen molar-refractivity contribution < 1.29 is 19.5 Å². The highest BCUT2D eigenvalue weighted by atomic mass is 16.4. The zero-order chi connectivity index (χ0) is 22.3. The number of amides is 1. The summed E-state index contributed by atoms with van der Waals surface area (Å²) in [5.74, 6) is -1.45. The number of anilines is 1. The van der Waals surface area contributed by atoms with E-state index in [2.05, 4.69) is 5.32 Å². The zero-order valence-electron chi connectivity index (χ0n) is 17.9. The van der Waals surface area contributed by atoms with Crippen molar-refractivity contribution in [1.29, 1.82) is 0 Å². The molecule has 6 heteroatoms. The lowest BCUT2D eigenvalue weighted by Gasteiger charge is -2.49. The molecule has 4 atom stereocenters. The summed E-state index contributed by atoms with van der Waals surface area (Å²) in [6.07, 6.45) is 5.09. The van der Waals surface area contributed by atoms with Gasteiger partial charge in [-0.05, 0) is 55.4 Å². The van der Waals surface area contributed by atoms with E-state index >= 15 is 0 Å². The molecule has 0 spiro atoms. The van der Waals surface area contributed by atoms with Crippen LogP contribution < -0.4 is 10.2 Å². The van der Waals surface area contributed by atoms with Crippen molar-refractivity contribution in [3.63, 3.8) is 0 Å². The monoisotopic (exact) mass is 432 g/mol. The van der Waals surface area contributed by atoms with Crippen LogP contribution in [0.25, 0.3) is 0 Å². The molecular formula is C26H28N2O4. The first-order chi connectivity index (χ1) is 15.6. The molecule has 0 radical (unpaired) electrons. The number of aliphatic carboxylic acids is 1. The molecule has 1 aliphatic heterocycles. The number of aldehydes is 1. The van der Waals surface area contributed by atoms with Gasteiger partial charge in [0.2, 0.25) is 0 Å². The van der Waals surface area contributed by atoms with E-state index in [0.29, 0.717) is 5.56 Å². The minimum atomic E-state index is -1.37. The number of benzene rings is 2. The number of rotatable bonds is 7. The average Bonchev–Trinajstić information content (AvgIpc) is 3.50. The molecule has 1 amide bonds. The lowest BCUT2D eigenvalue weighted by molar-refractivity contribution is -0.148. The quantitative estimate of drug-likeness (QED) is 0.651. The minimum Gasteiger partial charge on any atom is -0.480 e. The van der Waals surface area contributed by atoms with Crippen LogP contribution in [0.5, 0.6) is 0 Å². The number of carbonyl (C=O) groups is 3. The predicted molar refractivity (Wildman–Crippen MR) is 121 cm³/mol. The van der Waals surface area contributed by atoms with Gasteiger partial charge in [0.25, 0.3) is 5.91 Å². The molecular weight excluding hydrogens is 404 g/mol. The van der Waals surface area contributed by atoms with Gasteiger partial charge in [0.05, 0.1) is 0 Å². The van der Waals surface area contributed by atoms with E-state index in [1.165, 1.54) is 0 Å². The third-order valence-electron chi connectivity index (χ3n) is 7.42. The van der Waals surface area contributed by atoms with Crippen LogP contribution in [0.4, 0.5) is 5.69 Å². The Kier molecular flexibility index (Phi) is 5.33. The third kappa shape index (κ3) is 3.34. The van der Waals surface area contributed by atoms with Crippen molar-refractivity contribution in [3.8, 4) is 0 Å². The minimum absolute atomic E-state index is 0.0279. The zero-order valence-corrected chi connectivity index (χ0v) is 17.9. The summed E-state index contributed by atoms with van der Waals surface area (Å²) in [7, 11) is 0. The molecule has 2 saturated carbocycles. The standard InChI is InChI=1S/C26H28N2O4/c29-16-15-26(25(31)32,27-18-13-14-18)23-19-9-4-5-11-21(19)28(22-12-6-10-20(22)23)24(30)17-7-2-1-3-8-17/h1-5,7-9,11,16,18,20,22-23,27H,6,10,12-15H2,(H,31,32). The van der Waals surface area contributed by atoms with Gasteiger partial charge in [-0.25, -0.2) is 0 Å². The fourth-order valence-electron chi connectivity index (χ4n) is 5.95. The van der Waals surface area contributed by atoms with E-state index in [1.54, 1.807) is 0 Å². The predicted octanol–water partition coefficient (Wildman–Crippen LogP) is 3.76. The second kappa shape index (κ2) is 8.17. The van der Waals surface area contributed by atoms with Crippen molar-refractivity contribution in [1.82, 2.24) is 5.32 Å². The highest BCUT2D eigenvalue weighted by molar-refractivity contribution is 6.07. The van der Waals surface area contributed by atoms with Gasteiger partial charge < -0.3 is 14.8 Å². The summed E-state index contributed by atoms with van der Waals surface area (Å²) in [4.78, 5) is 40.1. The molecule has 1 heterocycles. The van der Waals surface area contributed by atoms with Crippen LogP contribution in [-0.2, 0) is 9.59 Å². The van der Waals surface area contributed by atoms with Gasteiger partial charge in [-0.2, -0.15) is 0 Å². The van der Waals surface area contributed by atoms with Gasteiger partial charge >= 0.3 is 5.97 Å². The molecule has 2 aromatic carbocycles. The van der Waals surface area contributed by atoms with E-state index in [9.17, 15) is 19.5 Å². The Balaban J connectivity index is 1.66. The maximum absolute atomic E-state index is 13.6. The molecule has 0 saturated heterocycles. The maximum Gasteiger partial charge on any atom is 0.325 e. The largest absolute Gasteiger partial charge is 0.480 e. The van der Waals surface area contributed by atoms with E-state index in [0.717, 1.165) is 49.6 Å². The van der Waals surface area contributed by atoms with Gasteiger partial charge in [-0.15, -0.1) is 0 Å². The van der Waals surface area contributed by atoms with Crippen LogP contribution in [0, 0.1) is 5.92 Å². The number of nitrogens with one attached hydrogen (secondary N) is 1. The number of carboxylic acid groups (broad SMARTS) is 1. The number of carbonyl (C=O) groups excluding carboxylic acids is 2. The normalized spacial score (nSPS) is 26.0. The van der Waals surface area contributed by atoms with Crippen LogP contribution in [0.1, 0.15) is 60.4 Å². The second-order valence-electron chi connectivity index (χ2n) is 9.31. The molecule has 0 aromatic heterocycles.